The van der Waals surface area contributed by atoms with Gasteiger partial charge in [-0.2, -0.15) is 0 Å². The van der Waals surface area contributed by atoms with Crippen molar-refractivity contribution >= 4 is 41.4 Å². The van der Waals surface area contributed by atoms with Crippen LogP contribution in [0.25, 0.3) is 0 Å². The average Bonchev–Trinajstić information content (AvgIpc) is 3.59. The highest BCUT2D eigenvalue weighted by Crippen LogP contribution is 2.27. The van der Waals surface area contributed by atoms with Gasteiger partial charge in [0, 0.05) is 58.2 Å². The normalized spacial score (nSPS) is 16.8. The molecule has 6 nitrogen and oxygen atoms in total. The van der Waals surface area contributed by atoms with Crippen molar-refractivity contribution in [3.8, 4) is 0 Å². The summed E-state index contributed by atoms with van der Waals surface area (Å²) in [5.41, 5.74) is 2.26. The predicted molar refractivity (Wildman–Crippen MR) is 131 cm³/mol. The van der Waals surface area contributed by atoms with Gasteiger partial charge in [0.15, 0.2) is 5.96 Å². The fourth-order valence-electron chi connectivity index (χ4n) is 3.56. The van der Waals surface area contributed by atoms with Gasteiger partial charge in [0.2, 0.25) is 0 Å². The van der Waals surface area contributed by atoms with E-state index in [1.54, 1.807) is 7.05 Å². The minimum absolute atomic E-state index is 0. The minimum atomic E-state index is -0.193. The van der Waals surface area contributed by atoms with E-state index in [1.165, 1.54) is 30.5 Å². The molecule has 0 unspecified atom stereocenters. The number of nitrogens with one attached hydrogen (secondary N) is 2. The Labute approximate surface area is 195 Å². The highest BCUT2D eigenvalue weighted by Gasteiger charge is 2.21. The van der Waals surface area contributed by atoms with Crippen LogP contribution in [0, 0.1) is 11.7 Å². The lowest BCUT2D eigenvalue weighted by molar-refractivity contribution is 0.624. The second-order valence-electron chi connectivity index (χ2n) is 7.72. The summed E-state index contributed by atoms with van der Waals surface area (Å²) in [5.74, 6) is 2.47. The Balaban J connectivity index is 0.00000256. The molecule has 2 N–H and O–H groups in total. The van der Waals surface area contributed by atoms with Crippen molar-refractivity contribution in [2.45, 2.75) is 19.4 Å². The van der Waals surface area contributed by atoms with Crippen LogP contribution in [0.2, 0.25) is 0 Å². The average molecular weight is 524 g/mol. The van der Waals surface area contributed by atoms with E-state index in [0.29, 0.717) is 0 Å². The lowest BCUT2D eigenvalue weighted by Crippen LogP contribution is -2.46. The second-order valence-corrected chi connectivity index (χ2v) is 7.72. The number of anilines is 2. The molecule has 2 heterocycles. The molecule has 1 aromatic carbocycles. The third-order valence-electron chi connectivity index (χ3n) is 5.54. The number of hydrogen-bond acceptors (Lipinski definition) is 4. The second kappa shape index (κ2) is 10.8. The maximum Gasteiger partial charge on any atom is 0.191 e. The molecular formula is C22H30FIN6. The summed E-state index contributed by atoms with van der Waals surface area (Å²) in [6.45, 7) is 5.30. The van der Waals surface area contributed by atoms with Gasteiger partial charge in [0.25, 0.3) is 0 Å². The maximum atomic E-state index is 13.1. The first kappa shape index (κ1) is 22.6. The molecule has 1 saturated heterocycles. The highest BCUT2D eigenvalue weighted by atomic mass is 127. The van der Waals surface area contributed by atoms with Crippen LogP contribution in [0.5, 0.6) is 0 Å². The molecule has 162 valence electrons. The molecule has 0 bridgehead atoms. The number of hydrogen-bond donors (Lipinski definition) is 2. The molecule has 8 heteroatoms. The Morgan fingerprint density at radius 2 is 1.77 bits per heavy atom. The molecule has 2 aromatic rings. The first-order valence-electron chi connectivity index (χ1n) is 10.4. The van der Waals surface area contributed by atoms with E-state index in [4.69, 9.17) is 0 Å². The quantitative estimate of drug-likeness (QED) is 0.346. The first-order chi connectivity index (χ1) is 14.2. The van der Waals surface area contributed by atoms with E-state index in [0.717, 1.165) is 62.7 Å². The molecule has 1 aliphatic heterocycles. The Morgan fingerprint density at radius 3 is 2.43 bits per heavy atom. The Morgan fingerprint density at radius 1 is 1.07 bits per heavy atom. The lowest BCUT2D eigenvalue weighted by Gasteiger charge is -2.36. The first-order valence-corrected chi connectivity index (χ1v) is 10.4. The van der Waals surface area contributed by atoms with Crippen molar-refractivity contribution in [1.82, 2.24) is 15.6 Å². The molecular weight excluding hydrogens is 494 g/mol. The number of benzene rings is 1. The molecule has 1 aliphatic carbocycles. The van der Waals surface area contributed by atoms with Crippen LogP contribution in [0.3, 0.4) is 0 Å². The largest absolute Gasteiger partial charge is 0.368 e. The van der Waals surface area contributed by atoms with Crippen LogP contribution in [0.1, 0.15) is 18.4 Å². The van der Waals surface area contributed by atoms with Gasteiger partial charge in [-0.05, 0) is 60.7 Å². The van der Waals surface area contributed by atoms with Gasteiger partial charge in [-0.3, -0.25) is 4.99 Å². The zero-order valence-corrected chi connectivity index (χ0v) is 19.7. The predicted octanol–water partition coefficient (Wildman–Crippen LogP) is 3.24. The van der Waals surface area contributed by atoms with E-state index in [1.807, 2.05) is 24.4 Å². The van der Waals surface area contributed by atoms with Gasteiger partial charge in [-0.15, -0.1) is 24.0 Å². The van der Waals surface area contributed by atoms with Crippen molar-refractivity contribution in [2.75, 3.05) is 49.6 Å². The number of guanidine groups is 1. The monoisotopic (exact) mass is 524 g/mol. The van der Waals surface area contributed by atoms with Crippen molar-refractivity contribution in [3.63, 3.8) is 0 Å². The van der Waals surface area contributed by atoms with Crippen molar-refractivity contribution in [1.29, 1.82) is 0 Å². The van der Waals surface area contributed by atoms with Gasteiger partial charge in [-0.25, -0.2) is 9.37 Å². The van der Waals surface area contributed by atoms with Crippen LogP contribution in [0.15, 0.2) is 47.6 Å². The highest BCUT2D eigenvalue weighted by molar-refractivity contribution is 14.0. The van der Waals surface area contributed by atoms with Crippen molar-refractivity contribution in [2.24, 2.45) is 10.9 Å². The zero-order valence-electron chi connectivity index (χ0n) is 17.4. The molecule has 4 rings (SSSR count). The van der Waals surface area contributed by atoms with E-state index < -0.39 is 0 Å². The third kappa shape index (κ3) is 6.20. The number of halogens is 2. The van der Waals surface area contributed by atoms with Crippen LogP contribution < -0.4 is 20.4 Å². The summed E-state index contributed by atoms with van der Waals surface area (Å²) in [4.78, 5) is 13.5. The number of nitrogens with zero attached hydrogens (tertiary/aromatic N) is 4. The smallest absolute Gasteiger partial charge is 0.191 e. The lowest BCUT2D eigenvalue weighted by atomic mass is 10.2. The minimum Gasteiger partial charge on any atom is -0.368 e. The van der Waals surface area contributed by atoms with Crippen LogP contribution in [-0.2, 0) is 6.54 Å². The van der Waals surface area contributed by atoms with E-state index in [2.05, 4.69) is 36.5 Å². The number of piperazine rings is 1. The Kier molecular flexibility index (Phi) is 8.12. The Hall–Kier alpha value is -2.10. The third-order valence-corrected chi connectivity index (χ3v) is 5.54. The summed E-state index contributed by atoms with van der Waals surface area (Å²) in [7, 11) is 1.81. The van der Waals surface area contributed by atoms with E-state index in [-0.39, 0.29) is 29.8 Å². The molecule has 2 fully saturated rings. The van der Waals surface area contributed by atoms with Gasteiger partial charge in [0.1, 0.15) is 11.6 Å². The molecule has 2 aliphatic rings. The van der Waals surface area contributed by atoms with Crippen LogP contribution in [-0.4, -0.2) is 50.7 Å². The van der Waals surface area contributed by atoms with Gasteiger partial charge in [0.05, 0.1) is 0 Å². The van der Waals surface area contributed by atoms with Crippen molar-refractivity contribution < 1.29 is 4.39 Å². The molecule has 1 saturated carbocycles. The summed E-state index contributed by atoms with van der Waals surface area (Å²) in [5, 5.41) is 6.77. The number of pyridine rings is 1. The Bertz CT molecular complexity index is 832. The number of aliphatic imine (C=N–C) groups is 1. The fraction of sp³-hybridized carbons (Fsp3) is 0.455. The zero-order chi connectivity index (χ0) is 20.1. The van der Waals surface area contributed by atoms with E-state index in [9.17, 15) is 4.39 Å². The topological polar surface area (TPSA) is 55.8 Å². The fourth-order valence-corrected chi connectivity index (χ4v) is 3.56. The molecule has 0 radical (unpaired) electrons. The van der Waals surface area contributed by atoms with Crippen molar-refractivity contribution in [3.05, 3.63) is 54.0 Å². The number of aromatic nitrogens is 1. The van der Waals surface area contributed by atoms with Gasteiger partial charge >= 0.3 is 0 Å². The van der Waals surface area contributed by atoms with Gasteiger partial charge in [-0.1, -0.05) is 0 Å². The van der Waals surface area contributed by atoms with E-state index >= 15 is 0 Å². The standard InChI is InChI=1S/C22H29FN6.HI/c1-24-22(26-15-17-2-3-17)27-16-18-8-9-25-21(14-18)29-12-10-28(11-13-29)20-6-4-19(23)5-7-20;/h4-9,14,17H,2-3,10-13,15-16H2,1H3,(H2,24,26,27);1H. The molecule has 0 atom stereocenters. The summed E-state index contributed by atoms with van der Waals surface area (Å²) < 4.78 is 13.1. The summed E-state index contributed by atoms with van der Waals surface area (Å²) in [6, 6.07) is 10.9. The van der Waals surface area contributed by atoms with Crippen LogP contribution in [0.4, 0.5) is 15.9 Å². The molecule has 30 heavy (non-hydrogen) atoms. The molecule has 1 aromatic heterocycles. The summed E-state index contributed by atoms with van der Waals surface area (Å²) in [6.07, 6.45) is 4.53. The maximum absolute atomic E-state index is 13.1. The van der Waals surface area contributed by atoms with Crippen LogP contribution >= 0.6 is 24.0 Å². The van der Waals surface area contributed by atoms with Gasteiger partial charge < -0.3 is 20.4 Å². The SMILES string of the molecule is CN=C(NCc1ccnc(N2CCN(c3ccc(F)cc3)CC2)c1)NCC1CC1.I. The summed E-state index contributed by atoms with van der Waals surface area (Å²) >= 11 is 0. The molecule has 0 spiro atoms. The number of rotatable bonds is 6. The molecule has 0 amide bonds.